The SMILES string of the molecule is CCCCCNC(=O)COC(=O)c1cc2cc(Cl)ccc2o1. The van der Waals surface area contributed by atoms with Gasteiger partial charge in [0.05, 0.1) is 0 Å². The smallest absolute Gasteiger partial charge is 0.374 e. The highest BCUT2D eigenvalue weighted by Gasteiger charge is 2.15. The zero-order valence-corrected chi connectivity index (χ0v) is 13.1. The first-order chi connectivity index (χ1) is 10.6. The molecule has 0 saturated heterocycles. The minimum absolute atomic E-state index is 0.0519. The normalized spacial score (nSPS) is 10.6. The lowest BCUT2D eigenvalue weighted by atomic mass is 10.2. The molecule has 118 valence electrons. The first-order valence-electron chi connectivity index (χ1n) is 7.23. The van der Waals surface area contributed by atoms with Crippen molar-refractivity contribution in [3.05, 3.63) is 35.0 Å². The zero-order valence-electron chi connectivity index (χ0n) is 12.4. The number of carbonyl (C=O) groups is 2. The fourth-order valence-electron chi connectivity index (χ4n) is 1.97. The van der Waals surface area contributed by atoms with E-state index < -0.39 is 5.97 Å². The molecule has 0 unspecified atom stereocenters. The van der Waals surface area contributed by atoms with Gasteiger partial charge in [-0.15, -0.1) is 0 Å². The van der Waals surface area contributed by atoms with Crippen molar-refractivity contribution in [2.45, 2.75) is 26.2 Å². The number of hydrogen-bond donors (Lipinski definition) is 1. The van der Waals surface area contributed by atoms with Crippen LogP contribution in [0.2, 0.25) is 5.02 Å². The average Bonchev–Trinajstić information content (AvgIpc) is 2.92. The van der Waals surface area contributed by atoms with Gasteiger partial charge in [0, 0.05) is 17.0 Å². The third-order valence-electron chi connectivity index (χ3n) is 3.12. The molecular weight excluding hydrogens is 306 g/mol. The van der Waals surface area contributed by atoms with Gasteiger partial charge < -0.3 is 14.5 Å². The van der Waals surface area contributed by atoms with E-state index in [0.717, 1.165) is 19.3 Å². The van der Waals surface area contributed by atoms with Crippen molar-refractivity contribution in [1.82, 2.24) is 5.32 Å². The highest BCUT2D eigenvalue weighted by molar-refractivity contribution is 6.31. The molecule has 1 aromatic heterocycles. The molecule has 1 N–H and O–H groups in total. The number of esters is 1. The Hall–Kier alpha value is -2.01. The van der Waals surface area contributed by atoms with Crippen molar-refractivity contribution in [2.24, 2.45) is 0 Å². The molecule has 0 aliphatic carbocycles. The van der Waals surface area contributed by atoms with Gasteiger partial charge in [0.25, 0.3) is 5.91 Å². The Labute approximate surface area is 133 Å². The zero-order chi connectivity index (χ0) is 15.9. The van der Waals surface area contributed by atoms with Crippen molar-refractivity contribution < 1.29 is 18.7 Å². The van der Waals surface area contributed by atoms with Gasteiger partial charge in [0.15, 0.2) is 6.61 Å². The van der Waals surface area contributed by atoms with E-state index in [1.165, 1.54) is 0 Å². The van der Waals surface area contributed by atoms with Gasteiger partial charge in [-0.1, -0.05) is 31.4 Å². The van der Waals surface area contributed by atoms with E-state index in [1.54, 1.807) is 24.3 Å². The Balaban J connectivity index is 1.84. The number of furan rings is 1. The summed E-state index contributed by atoms with van der Waals surface area (Å²) >= 11 is 5.87. The molecule has 0 fully saturated rings. The summed E-state index contributed by atoms with van der Waals surface area (Å²) in [5, 5.41) is 3.96. The summed E-state index contributed by atoms with van der Waals surface area (Å²) in [7, 11) is 0. The summed E-state index contributed by atoms with van der Waals surface area (Å²) < 4.78 is 10.3. The molecule has 2 rings (SSSR count). The van der Waals surface area contributed by atoms with Gasteiger partial charge in [0.1, 0.15) is 5.58 Å². The molecule has 0 aliphatic heterocycles. The maximum absolute atomic E-state index is 11.9. The monoisotopic (exact) mass is 323 g/mol. The molecule has 0 atom stereocenters. The number of nitrogens with one attached hydrogen (secondary N) is 1. The van der Waals surface area contributed by atoms with Crippen LogP contribution in [0.1, 0.15) is 36.7 Å². The quantitative estimate of drug-likeness (QED) is 0.625. The summed E-state index contributed by atoms with van der Waals surface area (Å²) in [4.78, 5) is 23.4. The molecule has 0 bridgehead atoms. The summed E-state index contributed by atoms with van der Waals surface area (Å²) in [5.74, 6) is -0.935. The fourth-order valence-corrected chi connectivity index (χ4v) is 2.15. The van der Waals surface area contributed by atoms with Crippen LogP contribution in [0.3, 0.4) is 0 Å². The first kappa shape index (κ1) is 16.4. The number of halogens is 1. The lowest BCUT2D eigenvalue weighted by Crippen LogP contribution is -2.29. The van der Waals surface area contributed by atoms with Crippen LogP contribution in [0, 0.1) is 0 Å². The van der Waals surface area contributed by atoms with Crippen LogP contribution < -0.4 is 5.32 Å². The second-order valence-electron chi connectivity index (χ2n) is 4.93. The molecule has 0 saturated carbocycles. The van der Waals surface area contributed by atoms with Gasteiger partial charge in [-0.05, 0) is 30.7 Å². The van der Waals surface area contributed by atoms with E-state index in [9.17, 15) is 9.59 Å². The highest BCUT2D eigenvalue weighted by Crippen LogP contribution is 2.23. The fraction of sp³-hybridized carbons (Fsp3) is 0.375. The van der Waals surface area contributed by atoms with Crippen molar-refractivity contribution in [1.29, 1.82) is 0 Å². The molecule has 5 nitrogen and oxygen atoms in total. The van der Waals surface area contributed by atoms with Crippen LogP contribution in [-0.4, -0.2) is 25.0 Å². The third kappa shape index (κ3) is 4.49. The number of unbranched alkanes of at least 4 members (excludes halogenated alkanes) is 2. The largest absolute Gasteiger partial charge is 0.450 e. The van der Waals surface area contributed by atoms with E-state index in [-0.39, 0.29) is 18.3 Å². The van der Waals surface area contributed by atoms with Gasteiger partial charge in [0.2, 0.25) is 5.76 Å². The minimum Gasteiger partial charge on any atom is -0.450 e. The molecule has 0 aliphatic rings. The molecule has 0 spiro atoms. The van der Waals surface area contributed by atoms with Crippen LogP contribution in [0.4, 0.5) is 0 Å². The number of hydrogen-bond acceptors (Lipinski definition) is 4. The van der Waals surface area contributed by atoms with Gasteiger partial charge in [-0.25, -0.2) is 4.79 Å². The predicted octanol–water partition coefficient (Wildman–Crippen LogP) is 3.55. The lowest BCUT2D eigenvalue weighted by Gasteiger charge is -2.04. The Bertz CT molecular complexity index is 665. The van der Waals surface area contributed by atoms with Crippen LogP contribution in [0.15, 0.2) is 28.7 Å². The number of amides is 1. The molecule has 0 radical (unpaired) electrons. The lowest BCUT2D eigenvalue weighted by molar-refractivity contribution is -0.124. The average molecular weight is 324 g/mol. The Morgan fingerprint density at radius 3 is 2.86 bits per heavy atom. The van der Waals surface area contributed by atoms with E-state index in [4.69, 9.17) is 20.8 Å². The molecule has 1 heterocycles. The van der Waals surface area contributed by atoms with Gasteiger partial charge in [-0.2, -0.15) is 0 Å². The number of carbonyl (C=O) groups excluding carboxylic acids is 2. The van der Waals surface area contributed by atoms with Crippen LogP contribution >= 0.6 is 11.6 Å². The Morgan fingerprint density at radius 2 is 2.09 bits per heavy atom. The number of fused-ring (bicyclic) bond motifs is 1. The van der Waals surface area contributed by atoms with Crippen molar-refractivity contribution in [2.75, 3.05) is 13.2 Å². The summed E-state index contributed by atoms with van der Waals surface area (Å²) in [6, 6.07) is 6.58. The second-order valence-corrected chi connectivity index (χ2v) is 5.36. The minimum atomic E-state index is -0.670. The summed E-state index contributed by atoms with van der Waals surface area (Å²) in [6.07, 6.45) is 3.06. The van der Waals surface area contributed by atoms with Crippen molar-refractivity contribution >= 4 is 34.4 Å². The molecule has 22 heavy (non-hydrogen) atoms. The standard InChI is InChI=1S/C16H18ClNO4/c1-2-3-4-7-18-15(19)10-21-16(20)14-9-11-8-12(17)5-6-13(11)22-14/h5-6,8-9H,2-4,7,10H2,1H3,(H,18,19). The first-order valence-corrected chi connectivity index (χ1v) is 7.61. The van der Waals surface area contributed by atoms with Crippen LogP contribution in [0.5, 0.6) is 0 Å². The molecular formula is C16H18ClNO4. The van der Waals surface area contributed by atoms with Crippen molar-refractivity contribution in [3.8, 4) is 0 Å². The van der Waals surface area contributed by atoms with Crippen LogP contribution in [-0.2, 0) is 9.53 Å². The third-order valence-corrected chi connectivity index (χ3v) is 3.35. The number of rotatable bonds is 7. The molecule has 1 aromatic carbocycles. The van der Waals surface area contributed by atoms with E-state index in [1.807, 2.05) is 0 Å². The number of ether oxygens (including phenoxy) is 1. The molecule has 1 amide bonds. The molecule has 2 aromatic rings. The summed E-state index contributed by atoms with van der Waals surface area (Å²) in [5.41, 5.74) is 0.542. The van der Waals surface area contributed by atoms with Gasteiger partial charge in [-0.3, -0.25) is 4.79 Å². The molecule has 6 heteroatoms. The Kier molecular flexibility index (Phi) is 5.83. The maximum Gasteiger partial charge on any atom is 0.374 e. The van der Waals surface area contributed by atoms with Crippen molar-refractivity contribution in [3.63, 3.8) is 0 Å². The highest BCUT2D eigenvalue weighted by atomic mass is 35.5. The van der Waals surface area contributed by atoms with Crippen LogP contribution in [0.25, 0.3) is 11.0 Å². The van der Waals surface area contributed by atoms with E-state index in [2.05, 4.69) is 12.2 Å². The maximum atomic E-state index is 11.9. The van der Waals surface area contributed by atoms with E-state index in [0.29, 0.717) is 22.5 Å². The predicted molar refractivity (Wildman–Crippen MR) is 84.0 cm³/mol. The number of benzene rings is 1. The Morgan fingerprint density at radius 1 is 1.27 bits per heavy atom. The van der Waals surface area contributed by atoms with E-state index >= 15 is 0 Å². The summed E-state index contributed by atoms with van der Waals surface area (Å²) in [6.45, 7) is 2.36. The second kappa shape index (κ2) is 7.84. The topological polar surface area (TPSA) is 68.5 Å². The van der Waals surface area contributed by atoms with Gasteiger partial charge >= 0.3 is 5.97 Å².